The average Bonchev–Trinajstić information content (AvgIpc) is 2.56. The molecule has 108 valence electrons. The van der Waals surface area contributed by atoms with Crippen LogP contribution in [-0.2, 0) is 4.74 Å². The van der Waals surface area contributed by atoms with Gasteiger partial charge in [0.15, 0.2) is 0 Å². The number of ether oxygens (including phenoxy) is 1. The number of hydrogen-bond acceptors (Lipinski definition) is 2. The fourth-order valence-corrected chi connectivity index (χ4v) is 3.28. The van der Waals surface area contributed by atoms with Gasteiger partial charge in [0.25, 0.3) is 0 Å². The minimum Gasteiger partial charge on any atom is -0.379 e. The molecule has 1 N–H and O–H groups in total. The summed E-state index contributed by atoms with van der Waals surface area (Å²) in [5.41, 5.74) is -0.0183. The molecule has 1 aliphatic carbocycles. The Hall–Kier alpha value is -0.0800. The summed E-state index contributed by atoms with van der Waals surface area (Å²) in [6.07, 6.45) is 9.62. The molecule has 0 saturated heterocycles. The van der Waals surface area contributed by atoms with E-state index in [0.29, 0.717) is 12.1 Å². The monoisotopic (exact) mass is 255 g/mol. The van der Waals surface area contributed by atoms with Crippen molar-refractivity contribution in [3.8, 4) is 0 Å². The van der Waals surface area contributed by atoms with E-state index < -0.39 is 0 Å². The van der Waals surface area contributed by atoms with E-state index in [0.717, 1.165) is 12.3 Å². The Kier molecular flexibility index (Phi) is 6.65. The molecule has 2 nitrogen and oxygen atoms in total. The molecule has 2 heteroatoms. The van der Waals surface area contributed by atoms with E-state index in [-0.39, 0.29) is 5.60 Å². The first-order chi connectivity index (χ1) is 8.44. The molecule has 0 aromatic rings. The maximum atomic E-state index is 5.52. The van der Waals surface area contributed by atoms with E-state index >= 15 is 0 Å². The highest BCUT2D eigenvalue weighted by atomic mass is 16.5. The zero-order valence-electron chi connectivity index (χ0n) is 13.1. The summed E-state index contributed by atoms with van der Waals surface area (Å²) in [4.78, 5) is 0. The lowest BCUT2D eigenvalue weighted by Gasteiger charge is -2.31. The van der Waals surface area contributed by atoms with Crippen molar-refractivity contribution < 1.29 is 4.74 Å². The van der Waals surface area contributed by atoms with Gasteiger partial charge in [-0.3, -0.25) is 0 Å². The molecule has 1 unspecified atom stereocenters. The Morgan fingerprint density at radius 3 is 2.17 bits per heavy atom. The van der Waals surface area contributed by atoms with Crippen molar-refractivity contribution >= 4 is 0 Å². The Bertz CT molecular complexity index is 219. The van der Waals surface area contributed by atoms with Crippen LogP contribution in [0.15, 0.2) is 0 Å². The fourth-order valence-electron chi connectivity index (χ4n) is 3.28. The maximum Gasteiger partial charge on any atom is 0.0637 e. The third kappa shape index (κ3) is 5.71. The highest BCUT2D eigenvalue weighted by Crippen LogP contribution is 2.26. The van der Waals surface area contributed by atoms with Crippen LogP contribution in [0.2, 0.25) is 0 Å². The quantitative estimate of drug-likeness (QED) is 0.720. The number of methoxy groups -OCH3 is 1. The van der Waals surface area contributed by atoms with Gasteiger partial charge in [0.05, 0.1) is 5.60 Å². The van der Waals surface area contributed by atoms with Crippen molar-refractivity contribution in [3.05, 3.63) is 0 Å². The van der Waals surface area contributed by atoms with Crippen LogP contribution in [0.3, 0.4) is 0 Å². The standard InChI is InChI=1S/C16H33NO/c1-13(12-16(3,4)18-5)17-14(2)15-10-8-6-7-9-11-15/h13-15,17H,6-12H2,1-5H3/t13?,14-/m1/s1. The summed E-state index contributed by atoms with van der Waals surface area (Å²) in [5.74, 6) is 0.876. The van der Waals surface area contributed by atoms with Crippen molar-refractivity contribution in [2.45, 2.75) is 90.3 Å². The highest BCUT2D eigenvalue weighted by molar-refractivity contribution is 4.81. The summed E-state index contributed by atoms with van der Waals surface area (Å²) in [6.45, 7) is 8.99. The van der Waals surface area contributed by atoms with Gasteiger partial charge < -0.3 is 10.1 Å². The molecule has 2 atom stereocenters. The predicted octanol–water partition coefficient (Wildman–Crippen LogP) is 4.14. The second kappa shape index (κ2) is 7.49. The van der Waals surface area contributed by atoms with Crippen LogP contribution in [0.4, 0.5) is 0 Å². The Labute approximate surface area is 114 Å². The smallest absolute Gasteiger partial charge is 0.0637 e. The van der Waals surface area contributed by atoms with Crippen LogP contribution >= 0.6 is 0 Å². The van der Waals surface area contributed by atoms with Crippen molar-refractivity contribution in [3.63, 3.8) is 0 Å². The van der Waals surface area contributed by atoms with Crippen LogP contribution in [0.1, 0.15) is 72.6 Å². The molecule has 0 amide bonds. The van der Waals surface area contributed by atoms with Gasteiger partial charge in [0, 0.05) is 19.2 Å². The number of hydrogen-bond donors (Lipinski definition) is 1. The van der Waals surface area contributed by atoms with Gasteiger partial charge in [-0.1, -0.05) is 25.7 Å². The maximum absolute atomic E-state index is 5.52. The lowest BCUT2D eigenvalue weighted by atomic mass is 9.91. The van der Waals surface area contributed by atoms with Crippen molar-refractivity contribution in [1.29, 1.82) is 0 Å². The lowest BCUT2D eigenvalue weighted by molar-refractivity contribution is 0.00715. The van der Waals surface area contributed by atoms with Crippen LogP contribution in [0, 0.1) is 5.92 Å². The van der Waals surface area contributed by atoms with Gasteiger partial charge in [-0.15, -0.1) is 0 Å². The third-order valence-corrected chi connectivity index (χ3v) is 4.50. The fraction of sp³-hybridized carbons (Fsp3) is 1.00. The second-order valence-electron chi connectivity index (χ2n) is 6.78. The molecule has 0 heterocycles. The molecule has 0 bridgehead atoms. The largest absolute Gasteiger partial charge is 0.379 e. The van der Waals surface area contributed by atoms with Crippen LogP contribution < -0.4 is 5.32 Å². The van der Waals surface area contributed by atoms with Gasteiger partial charge in [0.2, 0.25) is 0 Å². The normalized spacial score (nSPS) is 22.5. The summed E-state index contributed by atoms with van der Waals surface area (Å²) >= 11 is 0. The van der Waals surface area contributed by atoms with Crippen molar-refractivity contribution in [2.24, 2.45) is 5.92 Å². The lowest BCUT2D eigenvalue weighted by Crippen LogP contribution is -2.43. The second-order valence-corrected chi connectivity index (χ2v) is 6.78. The first-order valence-corrected chi connectivity index (χ1v) is 7.76. The van der Waals surface area contributed by atoms with E-state index in [1.54, 1.807) is 7.11 Å². The molecular weight excluding hydrogens is 222 g/mol. The van der Waals surface area contributed by atoms with Crippen LogP contribution in [-0.4, -0.2) is 24.8 Å². The van der Waals surface area contributed by atoms with Gasteiger partial charge in [-0.25, -0.2) is 0 Å². The van der Waals surface area contributed by atoms with E-state index in [1.165, 1.54) is 38.5 Å². The Morgan fingerprint density at radius 2 is 1.67 bits per heavy atom. The highest BCUT2D eigenvalue weighted by Gasteiger charge is 2.24. The average molecular weight is 255 g/mol. The molecule has 1 saturated carbocycles. The minimum atomic E-state index is -0.0183. The van der Waals surface area contributed by atoms with E-state index in [2.05, 4.69) is 33.0 Å². The molecule has 1 aliphatic rings. The molecule has 0 aromatic carbocycles. The van der Waals surface area contributed by atoms with Gasteiger partial charge >= 0.3 is 0 Å². The van der Waals surface area contributed by atoms with Gasteiger partial charge in [-0.2, -0.15) is 0 Å². The Balaban J connectivity index is 2.35. The number of rotatable bonds is 6. The molecule has 0 aromatic heterocycles. The SMILES string of the molecule is COC(C)(C)CC(C)N[C@H](C)C1CCCCCC1. The van der Waals surface area contributed by atoms with Crippen LogP contribution in [0.25, 0.3) is 0 Å². The third-order valence-electron chi connectivity index (χ3n) is 4.50. The van der Waals surface area contributed by atoms with Gasteiger partial charge in [-0.05, 0) is 52.9 Å². The molecule has 1 rings (SSSR count). The summed E-state index contributed by atoms with van der Waals surface area (Å²) in [7, 11) is 1.81. The molecule has 0 radical (unpaired) electrons. The molecule has 0 spiro atoms. The zero-order chi connectivity index (χ0) is 13.6. The summed E-state index contributed by atoms with van der Waals surface area (Å²) < 4.78 is 5.52. The summed E-state index contributed by atoms with van der Waals surface area (Å²) in [6, 6.07) is 1.17. The number of nitrogens with one attached hydrogen (secondary N) is 1. The van der Waals surface area contributed by atoms with Gasteiger partial charge in [0.1, 0.15) is 0 Å². The van der Waals surface area contributed by atoms with E-state index in [9.17, 15) is 0 Å². The minimum absolute atomic E-state index is 0.0183. The van der Waals surface area contributed by atoms with Crippen molar-refractivity contribution in [2.75, 3.05) is 7.11 Å². The molecule has 0 aliphatic heterocycles. The summed E-state index contributed by atoms with van der Waals surface area (Å²) in [5, 5.41) is 3.79. The zero-order valence-corrected chi connectivity index (χ0v) is 13.1. The topological polar surface area (TPSA) is 21.3 Å². The van der Waals surface area contributed by atoms with E-state index in [4.69, 9.17) is 4.74 Å². The first-order valence-electron chi connectivity index (χ1n) is 7.76. The first kappa shape index (κ1) is 16.0. The predicted molar refractivity (Wildman–Crippen MR) is 79.0 cm³/mol. The van der Waals surface area contributed by atoms with Crippen molar-refractivity contribution in [1.82, 2.24) is 5.32 Å². The molecule has 18 heavy (non-hydrogen) atoms. The molecule has 1 fully saturated rings. The molecular formula is C16H33NO. The van der Waals surface area contributed by atoms with Crippen LogP contribution in [0.5, 0.6) is 0 Å². The Morgan fingerprint density at radius 1 is 1.11 bits per heavy atom. The van der Waals surface area contributed by atoms with E-state index in [1.807, 2.05) is 0 Å².